The third-order valence-corrected chi connectivity index (χ3v) is 4.40. The molecule has 4 nitrogen and oxygen atoms in total. The van der Waals surface area contributed by atoms with Crippen LogP contribution in [0.15, 0.2) is 24.3 Å². The molecule has 1 saturated carbocycles. The molecular weight excluding hydrogens is 283 g/mol. The summed E-state index contributed by atoms with van der Waals surface area (Å²) in [5.41, 5.74) is 6.02. The van der Waals surface area contributed by atoms with Gasteiger partial charge in [-0.25, -0.2) is 9.18 Å². The van der Waals surface area contributed by atoms with E-state index in [1.54, 1.807) is 23.1 Å². The molecule has 0 radical (unpaired) electrons. The first kappa shape index (κ1) is 16.7. The zero-order valence-corrected chi connectivity index (χ0v) is 13.1. The van der Waals surface area contributed by atoms with E-state index >= 15 is 0 Å². The van der Waals surface area contributed by atoms with Crippen LogP contribution in [0.5, 0.6) is 0 Å². The Bertz CT molecular complexity index is 487. The molecule has 22 heavy (non-hydrogen) atoms. The third-order valence-electron chi connectivity index (χ3n) is 4.40. The molecule has 2 amide bonds. The average Bonchev–Trinajstić information content (AvgIpc) is 2.50. The number of nitrogens with two attached hydrogens (primary N) is 1. The van der Waals surface area contributed by atoms with Gasteiger partial charge in [0, 0.05) is 18.2 Å². The molecule has 1 aromatic carbocycles. The molecule has 2 rings (SSSR count). The van der Waals surface area contributed by atoms with Gasteiger partial charge < -0.3 is 15.4 Å². The standard InChI is InChI=1S/C17H25FN2O2/c1-13-6-8-15(9-7-13)20(17(19)21)10-11-22-12-14-4-2-3-5-16(14)18/h2-5,13,15H,6-12H2,1H3,(H2,19,21)/t13-,15-. The van der Waals surface area contributed by atoms with Crippen LogP contribution >= 0.6 is 0 Å². The summed E-state index contributed by atoms with van der Waals surface area (Å²) in [5.74, 6) is 0.457. The van der Waals surface area contributed by atoms with Crippen molar-refractivity contribution in [3.05, 3.63) is 35.6 Å². The van der Waals surface area contributed by atoms with Crippen LogP contribution in [0.25, 0.3) is 0 Å². The van der Waals surface area contributed by atoms with Gasteiger partial charge in [-0.1, -0.05) is 25.1 Å². The summed E-state index contributed by atoms with van der Waals surface area (Å²) in [5, 5.41) is 0. The number of hydrogen-bond donors (Lipinski definition) is 1. The van der Waals surface area contributed by atoms with Crippen LogP contribution in [0.4, 0.5) is 9.18 Å². The van der Waals surface area contributed by atoms with Crippen molar-refractivity contribution in [2.24, 2.45) is 11.7 Å². The first-order chi connectivity index (χ1) is 10.6. The summed E-state index contributed by atoms with van der Waals surface area (Å²) in [7, 11) is 0. The van der Waals surface area contributed by atoms with Gasteiger partial charge in [-0.05, 0) is 37.7 Å². The van der Waals surface area contributed by atoms with E-state index in [1.807, 2.05) is 0 Å². The lowest BCUT2D eigenvalue weighted by Crippen LogP contribution is -2.46. The van der Waals surface area contributed by atoms with E-state index < -0.39 is 6.03 Å². The third kappa shape index (κ3) is 4.70. The number of rotatable bonds is 6. The summed E-state index contributed by atoms with van der Waals surface area (Å²) < 4.78 is 19.0. The number of halogens is 1. The first-order valence-corrected chi connectivity index (χ1v) is 7.95. The molecule has 5 heteroatoms. The van der Waals surface area contributed by atoms with E-state index in [4.69, 9.17) is 10.5 Å². The maximum absolute atomic E-state index is 13.5. The maximum atomic E-state index is 13.5. The van der Waals surface area contributed by atoms with Crippen LogP contribution in [-0.4, -0.2) is 30.1 Å². The molecule has 0 bridgehead atoms. The molecule has 0 aliphatic heterocycles. The van der Waals surface area contributed by atoms with E-state index in [0.29, 0.717) is 18.7 Å². The Hall–Kier alpha value is -1.62. The second-order valence-electron chi connectivity index (χ2n) is 6.09. The van der Waals surface area contributed by atoms with Gasteiger partial charge in [0.1, 0.15) is 5.82 Å². The van der Waals surface area contributed by atoms with Gasteiger partial charge in [0.15, 0.2) is 0 Å². The zero-order valence-electron chi connectivity index (χ0n) is 13.1. The highest BCUT2D eigenvalue weighted by atomic mass is 19.1. The smallest absolute Gasteiger partial charge is 0.315 e. The van der Waals surface area contributed by atoms with E-state index in [-0.39, 0.29) is 18.5 Å². The Morgan fingerprint density at radius 1 is 1.32 bits per heavy atom. The summed E-state index contributed by atoms with van der Waals surface area (Å²) in [6.07, 6.45) is 4.25. The fourth-order valence-corrected chi connectivity index (χ4v) is 2.99. The van der Waals surface area contributed by atoms with Crippen molar-refractivity contribution in [2.45, 2.75) is 45.3 Å². The van der Waals surface area contributed by atoms with Gasteiger partial charge >= 0.3 is 6.03 Å². The van der Waals surface area contributed by atoms with E-state index in [9.17, 15) is 9.18 Å². The average molecular weight is 308 g/mol. The second-order valence-corrected chi connectivity index (χ2v) is 6.09. The SMILES string of the molecule is C[C@H]1CC[C@H](N(CCOCc2ccccc2F)C(N)=O)CC1. The van der Waals surface area contributed by atoms with Crippen molar-refractivity contribution in [3.63, 3.8) is 0 Å². The molecule has 122 valence electrons. The first-order valence-electron chi connectivity index (χ1n) is 7.95. The summed E-state index contributed by atoms with van der Waals surface area (Å²) in [6.45, 7) is 3.27. The lowest BCUT2D eigenvalue weighted by Gasteiger charge is -2.35. The fourth-order valence-electron chi connectivity index (χ4n) is 2.99. The minimum atomic E-state index is -0.394. The molecule has 0 atom stereocenters. The van der Waals surface area contributed by atoms with Gasteiger partial charge in [0.05, 0.1) is 13.2 Å². The maximum Gasteiger partial charge on any atom is 0.315 e. The normalized spacial score (nSPS) is 21.5. The number of hydrogen-bond acceptors (Lipinski definition) is 2. The number of carbonyl (C=O) groups is 1. The van der Waals surface area contributed by atoms with Crippen molar-refractivity contribution >= 4 is 6.03 Å². The monoisotopic (exact) mass is 308 g/mol. The lowest BCUT2D eigenvalue weighted by molar-refractivity contribution is 0.0789. The predicted octanol–water partition coefficient (Wildman–Crippen LogP) is 3.30. The van der Waals surface area contributed by atoms with Crippen LogP contribution in [-0.2, 0) is 11.3 Å². The molecule has 0 heterocycles. The molecule has 0 saturated heterocycles. The fraction of sp³-hybridized carbons (Fsp3) is 0.588. The zero-order chi connectivity index (χ0) is 15.9. The highest BCUT2D eigenvalue weighted by molar-refractivity contribution is 5.72. The number of primary amides is 1. The van der Waals surface area contributed by atoms with Crippen LogP contribution < -0.4 is 5.73 Å². The van der Waals surface area contributed by atoms with Crippen molar-refractivity contribution < 1.29 is 13.9 Å². The van der Waals surface area contributed by atoms with E-state index in [1.165, 1.54) is 6.07 Å². The van der Waals surface area contributed by atoms with Crippen LogP contribution in [0, 0.1) is 11.7 Å². The number of amides is 2. The number of urea groups is 1. The quantitative estimate of drug-likeness (QED) is 0.820. The largest absolute Gasteiger partial charge is 0.375 e. The summed E-state index contributed by atoms with van der Waals surface area (Å²) in [4.78, 5) is 13.3. The van der Waals surface area contributed by atoms with Crippen molar-refractivity contribution in [1.29, 1.82) is 0 Å². The van der Waals surface area contributed by atoms with Crippen molar-refractivity contribution in [1.82, 2.24) is 4.90 Å². The molecular formula is C17H25FN2O2. The molecule has 1 aromatic rings. The number of benzene rings is 1. The second kappa shape index (κ2) is 8.13. The van der Waals surface area contributed by atoms with Gasteiger partial charge in [-0.3, -0.25) is 0 Å². The molecule has 1 aliphatic carbocycles. The topological polar surface area (TPSA) is 55.6 Å². The highest BCUT2D eigenvalue weighted by Gasteiger charge is 2.25. The predicted molar refractivity (Wildman–Crippen MR) is 83.8 cm³/mol. The van der Waals surface area contributed by atoms with Crippen molar-refractivity contribution in [2.75, 3.05) is 13.2 Å². The minimum absolute atomic E-state index is 0.209. The number of nitrogens with zero attached hydrogens (tertiary/aromatic N) is 1. The highest BCUT2D eigenvalue weighted by Crippen LogP contribution is 2.26. The van der Waals surface area contributed by atoms with Crippen molar-refractivity contribution in [3.8, 4) is 0 Å². The Balaban J connectivity index is 1.77. The molecule has 0 aromatic heterocycles. The minimum Gasteiger partial charge on any atom is -0.375 e. The van der Waals surface area contributed by atoms with Gasteiger partial charge in [0.25, 0.3) is 0 Å². The summed E-state index contributed by atoms with van der Waals surface area (Å²) in [6, 6.07) is 6.36. The summed E-state index contributed by atoms with van der Waals surface area (Å²) >= 11 is 0. The molecule has 1 aliphatic rings. The van der Waals surface area contributed by atoms with E-state index in [2.05, 4.69) is 6.92 Å². The van der Waals surface area contributed by atoms with Gasteiger partial charge in [-0.15, -0.1) is 0 Å². The van der Waals surface area contributed by atoms with Crippen LogP contribution in [0.2, 0.25) is 0 Å². The van der Waals surface area contributed by atoms with Gasteiger partial charge in [0.2, 0.25) is 0 Å². The molecule has 0 unspecified atom stereocenters. The Kier molecular flexibility index (Phi) is 6.19. The molecule has 0 spiro atoms. The number of carbonyl (C=O) groups excluding carboxylic acids is 1. The molecule has 1 fully saturated rings. The van der Waals surface area contributed by atoms with Crippen LogP contribution in [0.3, 0.4) is 0 Å². The van der Waals surface area contributed by atoms with E-state index in [0.717, 1.165) is 31.6 Å². The molecule has 2 N–H and O–H groups in total. The Morgan fingerprint density at radius 3 is 2.64 bits per heavy atom. The lowest BCUT2D eigenvalue weighted by atomic mass is 9.86. The Labute approximate surface area is 131 Å². The Morgan fingerprint density at radius 2 is 2.00 bits per heavy atom. The number of ether oxygens (including phenoxy) is 1. The van der Waals surface area contributed by atoms with Gasteiger partial charge in [-0.2, -0.15) is 0 Å². The van der Waals surface area contributed by atoms with Crippen LogP contribution in [0.1, 0.15) is 38.2 Å².